The summed E-state index contributed by atoms with van der Waals surface area (Å²) in [5.74, 6) is -0.664. The standard InChI is InChI=1S/C24H19BrN2O3S2/c1-13-4-6-18(7-5-13)32-23-20(25)12-17(30-23)11-19-21(28)26-24(31)27(22(19)29)16-9-14(2)8-15(3)10-16/h4-12H,1-3H3,(H,26,28,31)/b19-11+. The first kappa shape index (κ1) is 22.5. The van der Waals surface area contributed by atoms with Gasteiger partial charge in [0, 0.05) is 4.90 Å². The Morgan fingerprint density at radius 3 is 2.31 bits per heavy atom. The molecule has 0 radical (unpaired) electrons. The molecule has 162 valence electrons. The first-order valence-electron chi connectivity index (χ1n) is 9.75. The van der Waals surface area contributed by atoms with Gasteiger partial charge in [-0.25, -0.2) is 0 Å². The van der Waals surface area contributed by atoms with E-state index in [1.807, 2.05) is 63.2 Å². The fourth-order valence-electron chi connectivity index (χ4n) is 3.34. The Hall–Kier alpha value is -2.68. The van der Waals surface area contributed by atoms with Crippen molar-refractivity contribution in [3.63, 3.8) is 0 Å². The average Bonchev–Trinajstić information content (AvgIpc) is 3.05. The van der Waals surface area contributed by atoms with Crippen LogP contribution in [0, 0.1) is 20.8 Å². The number of nitrogens with one attached hydrogen (secondary N) is 1. The van der Waals surface area contributed by atoms with Crippen molar-refractivity contribution in [1.82, 2.24) is 5.32 Å². The number of furan rings is 1. The largest absolute Gasteiger partial charge is 0.449 e. The lowest BCUT2D eigenvalue weighted by Crippen LogP contribution is -2.54. The summed E-state index contributed by atoms with van der Waals surface area (Å²) in [4.78, 5) is 28.2. The van der Waals surface area contributed by atoms with Gasteiger partial charge in [-0.05, 0) is 96.5 Å². The van der Waals surface area contributed by atoms with Crippen LogP contribution in [0.5, 0.6) is 0 Å². The van der Waals surface area contributed by atoms with Gasteiger partial charge in [0.15, 0.2) is 10.2 Å². The average molecular weight is 527 g/mol. The van der Waals surface area contributed by atoms with Crippen molar-refractivity contribution in [3.8, 4) is 0 Å². The monoisotopic (exact) mass is 526 g/mol. The minimum Gasteiger partial charge on any atom is -0.449 e. The second-order valence-electron chi connectivity index (χ2n) is 7.50. The first-order chi connectivity index (χ1) is 15.2. The van der Waals surface area contributed by atoms with Gasteiger partial charge in [0.2, 0.25) is 0 Å². The summed E-state index contributed by atoms with van der Waals surface area (Å²) in [7, 11) is 0. The van der Waals surface area contributed by atoms with Crippen molar-refractivity contribution in [2.24, 2.45) is 0 Å². The zero-order valence-electron chi connectivity index (χ0n) is 17.6. The van der Waals surface area contributed by atoms with E-state index in [1.165, 1.54) is 28.3 Å². The van der Waals surface area contributed by atoms with Crippen LogP contribution in [0.2, 0.25) is 0 Å². The third-order valence-electron chi connectivity index (χ3n) is 4.76. The maximum absolute atomic E-state index is 13.2. The Morgan fingerprint density at radius 2 is 1.66 bits per heavy atom. The lowest BCUT2D eigenvalue weighted by molar-refractivity contribution is -0.122. The molecule has 1 fully saturated rings. The van der Waals surface area contributed by atoms with Crippen LogP contribution < -0.4 is 10.2 Å². The summed E-state index contributed by atoms with van der Waals surface area (Å²) in [6.45, 7) is 5.91. The second-order valence-corrected chi connectivity index (χ2v) is 9.79. The second kappa shape index (κ2) is 9.05. The Bertz CT molecular complexity index is 1260. The van der Waals surface area contributed by atoms with E-state index in [1.54, 1.807) is 6.07 Å². The third kappa shape index (κ3) is 4.72. The molecule has 1 aliphatic rings. The molecule has 2 heterocycles. The number of carbonyl (C=O) groups is 2. The number of rotatable bonds is 4. The van der Waals surface area contributed by atoms with E-state index >= 15 is 0 Å². The summed E-state index contributed by atoms with van der Waals surface area (Å²) in [6, 6.07) is 15.5. The highest BCUT2D eigenvalue weighted by atomic mass is 79.9. The number of amides is 2. The molecular weight excluding hydrogens is 508 g/mol. The van der Waals surface area contributed by atoms with Crippen LogP contribution in [-0.4, -0.2) is 16.9 Å². The maximum atomic E-state index is 13.2. The summed E-state index contributed by atoms with van der Waals surface area (Å²) in [6.07, 6.45) is 1.44. The molecule has 0 spiro atoms. The maximum Gasteiger partial charge on any atom is 0.270 e. The number of halogens is 1. The first-order valence-corrected chi connectivity index (χ1v) is 11.8. The van der Waals surface area contributed by atoms with Gasteiger partial charge in [0.25, 0.3) is 11.8 Å². The predicted molar refractivity (Wildman–Crippen MR) is 134 cm³/mol. The zero-order chi connectivity index (χ0) is 23.0. The molecule has 3 aromatic rings. The normalized spacial score (nSPS) is 15.4. The summed E-state index contributed by atoms with van der Waals surface area (Å²) in [5.41, 5.74) is 3.72. The SMILES string of the molecule is Cc1ccc(Sc2oc(/C=C3\C(=O)NC(=S)N(c4cc(C)cc(C)c4)C3=O)cc2Br)cc1. The topological polar surface area (TPSA) is 62.6 Å². The van der Waals surface area contributed by atoms with Gasteiger partial charge in [0.05, 0.1) is 10.2 Å². The van der Waals surface area contributed by atoms with Gasteiger partial charge in [-0.15, -0.1) is 0 Å². The number of benzene rings is 2. The molecule has 0 aliphatic carbocycles. The van der Waals surface area contributed by atoms with Gasteiger partial charge < -0.3 is 4.42 Å². The van der Waals surface area contributed by atoms with E-state index in [2.05, 4.69) is 21.2 Å². The van der Waals surface area contributed by atoms with E-state index in [4.69, 9.17) is 16.6 Å². The van der Waals surface area contributed by atoms with Crippen molar-refractivity contribution < 1.29 is 14.0 Å². The summed E-state index contributed by atoms with van der Waals surface area (Å²) >= 11 is 10.2. The summed E-state index contributed by atoms with van der Waals surface area (Å²) in [5, 5.41) is 3.29. The molecule has 0 atom stereocenters. The molecule has 1 saturated heterocycles. The molecule has 2 aromatic carbocycles. The van der Waals surface area contributed by atoms with Crippen molar-refractivity contribution in [2.45, 2.75) is 30.8 Å². The number of anilines is 1. The number of aryl methyl sites for hydroxylation is 3. The lowest BCUT2D eigenvalue weighted by Gasteiger charge is -2.29. The molecule has 8 heteroatoms. The third-order valence-corrected chi connectivity index (χ3v) is 6.89. The molecule has 0 saturated carbocycles. The Balaban J connectivity index is 1.65. The molecule has 0 bridgehead atoms. The van der Waals surface area contributed by atoms with E-state index in [9.17, 15) is 9.59 Å². The number of hydrogen-bond acceptors (Lipinski definition) is 5. The van der Waals surface area contributed by atoms with Crippen molar-refractivity contribution in [3.05, 3.63) is 81.0 Å². The van der Waals surface area contributed by atoms with Crippen LogP contribution in [0.3, 0.4) is 0 Å². The van der Waals surface area contributed by atoms with Crippen LogP contribution in [0.1, 0.15) is 22.5 Å². The van der Waals surface area contributed by atoms with Crippen molar-refractivity contribution in [2.75, 3.05) is 4.90 Å². The van der Waals surface area contributed by atoms with Gasteiger partial charge in [-0.2, -0.15) is 0 Å². The van der Waals surface area contributed by atoms with Crippen molar-refractivity contribution in [1.29, 1.82) is 0 Å². The van der Waals surface area contributed by atoms with Gasteiger partial charge in [-0.3, -0.25) is 19.8 Å². The number of carbonyl (C=O) groups excluding carboxylic acids is 2. The molecule has 5 nitrogen and oxygen atoms in total. The quantitative estimate of drug-likeness (QED) is 0.258. The minimum atomic E-state index is -0.555. The van der Waals surface area contributed by atoms with E-state index in [0.29, 0.717) is 16.5 Å². The van der Waals surface area contributed by atoms with E-state index < -0.39 is 11.8 Å². The smallest absolute Gasteiger partial charge is 0.270 e. The molecule has 1 aromatic heterocycles. The molecule has 2 amide bonds. The van der Waals surface area contributed by atoms with Crippen LogP contribution >= 0.6 is 39.9 Å². The van der Waals surface area contributed by atoms with E-state index in [-0.39, 0.29) is 10.7 Å². The van der Waals surface area contributed by atoms with Gasteiger partial charge >= 0.3 is 0 Å². The van der Waals surface area contributed by atoms with Crippen LogP contribution in [0.4, 0.5) is 5.69 Å². The Labute approximate surface area is 204 Å². The fourth-order valence-corrected chi connectivity index (χ4v) is 4.95. The van der Waals surface area contributed by atoms with Crippen LogP contribution in [0.15, 0.2) is 73.0 Å². The number of hydrogen-bond donors (Lipinski definition) is 1. The van der Waals surface area contributed by atoms with Crippen LogP contribution in [0.25, 0.3) is 6.08 Å². The Kier molecular flexibility index (Phi) is 6.37. The molecule has 32 heavy (non-hydrogen) atoms. The summed E-state index contributed by atoms with van der Waals surface area (Å²) < 4.78 is 6.65. The highest BCUT2D eigenvalue weighted by Crippen LogP contribution is 2.37. The lowest BCUT2D eigenvalue weighted by atomic mass is 10.1. The predicted octanol–water partition coefficient (Wildman–Crippen LogP) is 5.95. The van der Waals surface area contributed by atoms with Gasteiger partial charge in [-0.1, -0.05) is 35.5 Å². The molecule has 1 N–H and O–H groups in total. The van der Waals surface area contributed by atoms with Crippen molar-refractivity contribution >= 4 is 68.6 Å². The molecule has 4 rings (SSSR count). The highest BCUT2D eigenvalue weighted by molar-refractivity contribution is 9.10. The minimum absolute atomic E-state index is 0.0501. The van der Waals surface area contributed by atoms with E-state index in [0.717, 1.165) is 20.5 Å². The van der Waals surface area contributed by atoms with Crippen LogP contribution in [-0.2, 0) is 9.59 Å². The van der Waals surface area contributed by atoms with Gasteiger partial charge in [0.1, 0.15) is 11.3 Å². The fraction of sp³-hybridized carbons (Fsp3) is 0.125. The Morgan fingerprint density at radius 1 is 1.00 bits per heavy atom. The molecule has 1 aliphatic heterocycles. The molecule has 0 unspecified atom stereocenters. The zero-order valence-corrected chi connectivity index (χ0v) is 20.8. The number of thiocarbonyl (C=S) groups is 1. The number of nitrogens with zero attached hydrogens (tertiary/aromatic N) is 1. The molecular formula is C24H19BrN2O3S2. The highest BCUT2D eigenvalue weighted by Gasteiger charge is 2.35.